The monoisotopic (exact) mass is 131 g/mol. The van der Waals surface area contributed by atoms with Gasteiger partial charge in [0, 0.05) is 0 Å². The Morgan fingerprint density at radius 2 is 1.14 bits per heavy atom. The van der Waals surface area contributed by atoms with Gasteiger partial charge in [0.25, 0.3) is 0 Å². The molecule has 0 aromatic heterocycles. The lowest BCUT2D eigenvalue weighted by atomic mass is 14.0. The van der Waals surface area contributed by atoms with Gasteiger partial charge in [-0.15, -0.1) is 0 Å². The van der Waals surface area contributed by atoms with Crippen molar-refractivity contribution in [2.75, 3.05) is 0 Å². The van der Waals surface area contributed by atoms with E-state index in [0.717, 1.165) is 0 Å². The van der Waals surface area contributed by atoms with Gasteiger partial charge in [0.1, 0.15) is 0 Å². The molecule has 0 bridgehead atoms. The lowest BCUT2D eigenvalue weighted by Crippen LogP contribution is -2.24. The first-order chi connectivity index (χ1) is 2.00. The van der Waals surface area contributed by atoms with Crippen LogP contribution in [0.2, 0.25) is 0 Å². The third kappa shape index (κ3) is 109000. The van der Waals surface area contributed by atoms with Crippen LogP contribution in [0.4, 0.5) is 0 Å². The number of rotatable bonds is 0. The van der Waals surface area contributed by atoms with E-state index >= 15 is 0 Å². The predicted octanol–water partition coefficient (Wildman–Crippen LogP) is -3.27. The maximum atomic E-state index is 8.55. The highest BCUT2D eigenvalue weighted by Gasteiger charge is 1.44. The molecule has 0 rings (SSSR count). The molecule has 7 heteroatoms. The predicted molar refractivity (Wildman–Crippen MR) is 17.2 cm³/mol. The minimum Gasteiger partial charge on any atom is -0.822 e. The highest BCUT2D eigenvalue weighted by Crippen LogP contribution is 2.03. The molecule has 0 radical (unpaired) electrons. The van der Waals surface area contributed by atoms with Crippen LogP contribution in [0.5, 0.6) is 0 Å². The molecule has 0 spiro atoms. The van der Waals surface area contributed by atoms with Gasteiger partial charge < -0.3 is 30.9 Å². The van der Waals surface area contributed by atoms with Crippen molar-refractivity contribution in [3.63, 3.8) is 0 Å². The smallest absolute Gasteiger partial charge is 0.159 e. The SMILES string of the molecule is O.O=P([O-])([O-])[O-].[NH4+]. The zero-order valence-corrected chi connectivity index (χ0v) is 4.47. The summed E-state index contributed by atoms with van der Waals surface area (Å²) in [4.78, 5) is 25.6. The Kier molecular flexibility index (Phi) is 9.43. The summed E-state index contributed by atoms with van der Waals surface area (Å²) in [6.07, 6.45) is 0. The van der Waals surface area contributed by atoms with Crippen molar-refractivity contribution in [2.45, 2.75) is 0 Å². The van der Waals surface area contributed by atoms with Gasteiger partial charge in [-0.2, -0.15) is 7.82 Å². The Balaban J connectivity index is -0.0000000800. The summed E-state index contributed by atoms with van der Waals surface area (Å²) in [7, 11) is -5.39. The molecular formula is H6NO5P-2. The molecule has 0 heterocycles. The molecule has 0 unspecified atom stereocenters. The van der Waals surface area contributed by atoms with Gasteiger partial charge in [0.2, 0.25) is 0 Å². The number of hydrogen-bond donors (Lipinski definition) is 1. The molecule has 0 aliphatic carbocycles. The largest absolute Gasteiger partial charge is 0.822 e. The molecule has 0 fully saturated rings. The Hall–Kier alpha value is 0.0300. The van der Waals surface area contributed by atoms with Crippen molar-refractivity contribution >= 4 is 7.82 Å². The molecule has 0 aromatic carbocycles. The van der Waals surface area contributed by atoms with Crippen molar-refractivity contribution in [3.8, 4) is 0 Å². The van der Waals surface area contributed by atoms with Gasteiger partial charge in [-0.1, -0.05) is 0 Å². The summed E-state index contributed by atoms with van der Waals surface area (Å²) in [6, 6.07) is 0. The van der Waals surface area contributed by atoms with Gasteiger partial charge in [-0.05, 0) is 0 Å². The van der Waals surface area contributed by atoms with Crippen LogP contribution in [0.1, 0.15) is 0 Å². The zero-order chi connectivity index (χ0) is 4.50. The maximum Gasteiger partial charge on any atom is -0.159 e. The summed E-state index contributed by atoms with van der Waals surface area (Å²) < 4.78 is 8.55. The first kappa shape index (κ1) is 15.7. The molecule has 48 valence electrons. The van der Waals surface area contributed by atoms with E-state index in [9.17, 15) is 0 Å². The van der Waals surface area contributed by atoms with Crippen LogP contribution >= 0.6 is 7.82 Å². The fourth-order valence-corrected chi connectivity index (χ4v) is 0. The molecule has 0 amide bonds. The lowest BCUT2D eigenvalue weighted by Gasteiger charge is -2.36. The summed E-state index contributed by atoms with van der Waals surface area (Å²) >= 11 is 0. The van der Waals surface area contributed by atoms with Crippen molar-refractivity contribution < 1.29 is 24.7 Å². The Morgan fingerprint density at radius 3 is 1.14 bits per heavy atom. The first-order valence-corrected chi connectivity index (χ1v) is 2.19. The van der Waals surface area contributed by atoms with Crippen LogP contribution in [0.3, 0.4) is 0 Å². The molecular weight excluding hydrogens is 125 g/mol. The molecule has 6 N–H and O–H groups in total. The van der Waals surface area contributed by atoms with E-state index in [1.165, 1.54) is 0 Å². The molecule has 0 saturated carbocycles. The molecule has 0 atom stereocenters. The van der Waals surface area contributed by atoms with E-state index in [0.29, 0.717) is 0 Å². The van der Waals surface area contributed by atoms with Crippen LogP contribution < -0.4 is 20.8 Å². The molecule has 6 nitrogen and oxygen atoms in total. The summed E-state index contributed by atoms with van der Waals surface area (Å²) in [5, 5.41) is 0. The Bertz CT molecular complexity index is 54.2. The summed E-state index contributed by atoms with van der Waals surface area (Å²) in [5.74, 6) is 0. The molecule has 0 aliphatic heterocycles. The normalized spacial score (nSPS) is 8.43. The fraction of sp³-hybridized carbons (Fsp3) is 0. The van der Waals surface area contributed by atoms with Crippen molar-refractivity contribution in [1.29, 1.82) is 0 Å². The molecule has 0 saturated heterocycles. The molecule has 0 aliphatic rings. The quantitative estimate of drug-likeness (QED) is 0.342. The summed E-state index contributed by atoms with van der Waals surface area (Å²) in [5.41, 5.74) is 0. The number of quaternary nitrogens is 1. The van der Waals surface area contributed by atoms with Gasteiger partial charge in [-0.3, -0.25) is 0 Å². The van der Waals surface area contributed by atoms with Gasteiger partial charge in [0.15, 0.2) is 0 Å². The van der Waals surface area contributed by atoms with Crippen LogP contribution in [-0.4, -0.2) is 5.48 Å². The minimum atomic E-state index is -5.39. The third-order valence-corrected chi connectivity index (χ3v) is 0. The van der Waals surface area contributed by atoms with Crippen LogP contribution in [-0.2, 0) is 4.57 Å². The highest BCUT2D eigenvalue weighted by atomic mass is 31.2. The maximum absolute atomic E-state index is 8.55. The van der Waals surface area contributed by atoms with Gasteiger partial charge >= 0.3 is 0 Å². The van der Waals surface area contributed by atoms with Crippen molar-refractivity contribution in [1.82, 2.24) is 6.15 Å². The van der Waals surface area contributed by atoms with E-state index in [-0.39, 0.29) is 11.6 Å². The van der Waals surface area contributed by atoms with Gasteiger partial charge in [0.05, 0.1) is 0 Å². The first-order valence-electron chi connectivity index (χ1n) is 0.730. The van der Waals surface area contributed by atoms with Crippen LogP contribution in [0, 0.1) is 0 Å². The highest BCUT2D eigenvalue weighted by molar-refractivity contribution is 7.40. The number of phosphoric acid groups is 1. The lowest BCUT2D eigenvalue weighted by molar-refractivity contribution is -0.432. The Morgan fingerprint density at radius 1 is 1.14 bits per heavy atom. The van der Waals surface area contributed by atoms with Crippen LogP contribution in [0.25, 0.3) is 0 Å². The van der Waals surface area contributed by atoms with E-state index in [4.69, 9.17) is 19.2 Å². The Labute approximate surface area is 39.9 Å². The second kappa shape index (κ2) is 4.20. The number of hydrogen-bond acceptors (Lipinski definition) is 4. The summed E-state index contributed by atoms with van der Waals surface area (Å²) in [6.45, 7) is 0. The topological polar surface area (TPSA) is 154 Å². The average molecular weight is 131 g/mol. The average Bonchev–Trinajstić information content (AvgIpc) is 0.722. The van der Waals surface area contributed by atoms with E-state index < -0.39 is 7.82 Å². The standard InChI is InChI=1S/H3N.H3O4P.H2O/c;1-5(2,3)4;/h1H3;(H3,1,2,3,4);1H2/p-2. The second-order valence-electron chi connectivity index (χ2n) is 0.447. The molecule has 7 heavy (non-hydrogen) atoms. The second-order valence-corrected chi connectivity index (χ2v) is 1.34. The molecule has 0 aromatic rings. The van der Waals surface area contributed by atoms with Crippen LogP contribution in [0.15, 0.2) is 0 Å². The van der Waals surface area contributed by atoms with E-state index in [2.05, 4.69) is 0 Å². The minimum absolute atomic E-state index is 0. The van der Waals surface area contributed by atoms with E-state index in [1.807, 2.05) is 0 Å². The van der Waals surface area contributed by atoms with Gasteiger partial charge in [-0.25, -0.2) is 0 Å². The van der Waals surface area contributed by atoms with E-state index in [1.54, 1.807) is 0 Å². The zero-order valence-electron chi connectivity index (χ0n) is 3.58. The third-order valence-electron chi connectivity index (χ3n) is 0. The van der Waals surface area contributed by atoms with Crippen molar-refractivity contribution in [2.24, 2.45) is 0 Å². The van der Waals surface area contributed by atoms with Crippen molar-refractivity contribution in [3.05, 3.63) is 0 Å². The fourth-order valence-electron chi connectivity index (χ4n) is 0.